The van der Waals surface area contributed by atoms with Crippen LogP contribution in [-0.2, 0) is 51.0 Å². The minimum Gasteiger partial charge on any atom is -0.481 e. The molecule has 4 atom stereocenters. The Morgan fingerprint density at radius 2 is 1.36 bits per heavy atom. The van der Waals surface area contributed by atoms with Crippen LogP contribution in [0.4, 0.5) is 32.0 Å². The fourth-order valence-electron chi connectivity index (χ4n) is 5.22. The average molecular weight is 880 g/mol. The molecule has 2 aromatic heterocycles. The van der Waals surface area contributed by atoms with Crippen LogP contribution >= 0.6 is 0 Å². The van der Waals surface area contributed by atoms with Crippen LogP contribution < -0.4 is 32.2 Å². The zero-order chi connectivity index (χ0) is 46.4. The Hall–Kier alpha value is -7.02. The molecule has 0 aliphatic heterocycles. The monoisotopic (exact) mass is 879 g/mol. The Balaban J connectivity index is 0.00000168. The van der Waals surface area contributed by atoms with E-state index in [9.17, 15) is 74.9 Å². The molecule has 0 spiro atoms. The average Bonchev–Trinajstić information content (AvgIpc) is 3.64. The molecule has 0 radical (unpaired) electrons. The van der Waals surface area contributed by atoms with Crippen molar-refractivity contribution in [2.45, 2.75) is 89.4 Å². The summed E-state index contributed by atoms with van der Waals surface area (Å²) < 4.78 is 77.0. The van der Waals surface area contributed by atoms with Gasteiger partial charge in [0.05, 0.1) is 18.3 Å². The molecule has 0 bridgehead atoms. The second-order valence-corrected chi connectivity index (χ2v) is 13.4. The van der Waals surface area contributed by atoms with E-state index in [2.05, 4.69) is 36.6 Å². The van der Waals surface area contributed by atoms with Gasteiger partial charge < -0.3 is 51.3 Å². The number of nitrogens with zero attached hydrogens (tertiary/aromatic N) is 1. The molecule has 0 saturated carbocycles. The molecule has 0 fully saturated rings. The van der Waals surface area contributed by atoms with Crippen LogP contribution in [0.15, 0.2) is 46.0 Å². The fraction of sp³-hybridized carbons (Fsp3) is 0.429. The minimum atomic E-state index is -5.08. The molecular formula is C35H39F6N7O13. The third kappa shape index (κ3) is 17.0. The number of H-pyrrole nitrogens is 1. The Labute approximate surface area is 338 Å². The zero-order valence-electron chi connectivity index (χ0n) is 32.0. The van der Waals surface area contributed by atoms with Gasteiger partial charge in [0.25, 0.3) is 0 Å². The summed E-state index contributed by atoms with van der Waals surface area (Å²) >= 11 is 0. The number of rotatable bonds is 18. The molecule has 61 heavy (non-hydrogen) atoms. The zero-order valence-corrected chi connectivity index (χ0v) is 32.0. The number of benzene rings is 1. The first-order valence-electron chi connectivity index (χ1n) is 17.5. The number of hydrogen-bond donors (Lipinski definition) is 9. The second-order valence-electron chi connectivity index (χ2n) is 13.4. The largest absolute Gasteiger partial charge is 0.490 e. The van der Waals surface area contributed by atoms with Crippen molar-refractivity contribution in [2.24, 2.45) is 5.92 Å². The summed E-state index contributed by atoms with van der Waals surface area (Å²) in [5, 5.41) is 37.2. The quantitative estimate of drug-likeness (QED) is 0.0649. The summed E-state index contributed by atoms with van der Waals surface area (Å²) in [7, 11) is 0. The molecule has 3 rings (SSSR count). The number of aromatic nitrogens is 2. The number of hydrogen-bond acceptors (Lipinski definition) is 11. The number of imidazole rings is 1. The summed E-state index contributed by atoms with van der Waals surface area (Å²) in [6, 6.07) is -2.98. The lowest BCUT2D eigenvalue weighted by atomic mass is 10.0. The molecule has 2 heterocycles. The molecule has 5 amide bonds. The molecule has 0 aliphatic carbocycles. The summed E-state index contributed by atoms with van der Waals surface area (Å²) in [4.78, 5) is 116. The van der Waals surface area contributed by atoms with Crippen molar-refractivity contribution < 1.29 is 84.4 Å². The lowest BCUT2D eigenvalue weighted by Gasteiger charge is -2.26. The van der Waals surface area contributed by atoms with Gasteiger partial charge in [-0.3, -0.25) is 33.6 Å². The van der Waals surface area contributed by atoms with Gasteiger partial charge in [0.15, 0.2) is 0 Å². The van der Waals surface area contributed by atoms with Gasteiger partial charge >= 0.3 is 35.9 Å². The molecule has 0 unspecified atom stereocenters. The summed E-state index contributed by atoms with van der Waals surface area (Å²) in [5.74, 6) is -10.4. The van der Waals surface area contributed by atoms with Crippen molar-refractivity contribution >= 4 is 64.1 Å². The number of aromatic amines is 1. The normalized spacial score (nSPS) is 13.3. The van der Waals surface area contributed by atoms with E-state index in [-0.39, 0.29) is 36.2 Å². The summed E-state index contributed by atoms with van der Waals surface area (Å²) in [6.07, 6.45) is -9.66. The summed E-state index contributed by atoms with van der Waals surface area (Å²) in [6.45, 7) is 4.74. The van der Waals surface area contributed by atoms with Gasteiger partial charge in [0.1, 0.15) is 29.8 Å². The van der Waals surface area contributed by atoms with E-state index in [1.54, 1.807) is 13.8 Å². The number of halogens is 6. The number of aliphatic carboxylic acids is 3. The number of amides is 5. The number of carbonyl (C=O) groups is 8. The van der Waals surface area contributed by atoms with Gasteiger partial charge in [-0.1, -0.05) is 13.8 Å². The van der Waals surface area contributed by atoms with Crippen LogP contribution in [0, 0.1) is 5.92 Å². The van der Waals surface area contributed by atoms with E-state index < -0.39 is 125 Å². The van der Waals surface area contributed by atoms with Crippen molar-refractivity contribution in [3.05, 3.63) is 58.5 Å². The van der Waals surface area contributed by atoms with E-state index in [0.717, 1.165) is 18.2 Å². The highest BCUT2D eigenvalue weighted by Gasteiger charge is 2.38. The predicted molar refractivity (Wildman–Crippen MR) is 194 cm³/mol. The number of carboxylic acids is 3. The number of fused-ring (bicyclic) bond motifs is 1. The van der Waals surface area contributed by atoms with Crippen molar-refractivity contribution in [1.29, 1.82) is 0 Å². The van der Waals surface area contributed by atoms with Gasteiger partial charge in [0, 0.05) is 54.9 Å². The van der Waals surface area contributed by atoms with E-state index in [1.807, 2.05) is 0 Å². The van der Waals surface area contributed by atoms with Crippen LogP contribution in [0.1, 0.15) is 57.7 Å². The van der Waals surface area contributed by atoms with Gasteiger partial charge in [0.2, 0.25) is 29.5 Å². The number of anilines is 1. The third-order valence-corrected chi connectivity index (χ3v) is 7.86. The molecule has 334 valence electrons. The lowest BCUT2D eigenvalue weighted by Crippen LogP contribution is -2.58. The van der Waals surface area contributed by atoms with Crippen LogP contribution in [-0.4, -0.2) is 103 Å². The molecular weight excluding hydrogens is 840 g/mol. The van der Waals surface area contributed by atoms with E-state index in [4.69, 9.17) is 14.3 Å². The van der Waals surface area contributed by atoms with Gasteiger partial charge in [-0.15, -0.1) is 0 Å². The Bertz CT molecular complexity index is 2140. The first-order chi connectivity index (χ1) is 28.2. The number of alkyl halides is 6. The fourth-order valence-corrected chi connectivity index (χ4v) is 5.22. The highest BCUT2D eigenvalue weighted by atomic mass is 19.4. The molecule has 20 nitrogen and oxygen atoms in total. The third-order valence-electron chi connectivity index (χ3n) is 7.86. The minimum absolute atomic E-state index is 0.0819. The lowest BCUT2D eigenvalue weighted by molar-refractivity contribution is -0.192. The van der Waals surface area contributed by atoms with Gasteiger partial charge in [-0.2, -0.15) is 26.3 Å². The van der Waals surface area contributed by atoms with E-state index in [0.29, 0.717) is 0 Å². The van der Waals surface area contributed by atoms with E-state index >= 15 is 0 Å². The molecule has 3 aromatic rings. The van der Waals surface area contributed by atoms with Crippen molar-refractivity contribution in [1.82, 2.24) is 31.2 Å². The first kappa shape index (κ1) is 50.1. The Kier molecular flexibility index (Phi) is 17.9. The maximum absolute atomic E-state index is 13.6. The number of nitrogens with one attached hydrogen (secondary N) is 6. The molecule has 0 aliphatic rings. The van der Waals surface area contributed by atoms with Crippen molar-refractivity contribution in [3.63, 3.8) is 0 Å². The van der Waals surface area contributed by atoms with Crippen molar-refractivity contribution in [3.8, 4) is 0 Å². The summed E-state index contributed by atoms with van der Waals surface area (Å²) in [5.41, 5.74) is -3.12. The van der Waals surface area contributed by atoms with Crippen molar-refractivity contribution in [2.75, 3.05) is 5.32 Å². The van der Waals surface area contributed by atoms with Crippen LogP contribution in [0.2, 0.25) is 0 Å². The van der Waals surface area contributed by atoms with Gasteiger partial charge in [-0.25, -0.2) is 14.6 Å². The molecule has 9 N–H and O–H groups in total. The SMILES string of the molecule is CC(=O)N[C@@H](CC(C)C)C(=O)N[C@@H](CCC(=O)O)C(=O)N[C@@H](Cc1cnc[nH]1)C(=O)N[C@@H](CC(=O)O)C(=O)Nc1ccc2c(C(F)(F)F)cc(=O)oc2c1.O=C(O)C(F)(F)F. The number of carbonyl (C=O) groups excluding carboxylic acids is 5. The maximum atomic E-state index is 13.6. The Morgan fingerprint density at radius 3 is 1.87 bits per heavy atom. The smallest absolute Gasteiger partial charge is 0.481 e. The highest BCUT2D eigenvalue weighted by molar-refractivity contribution is 6.01. The maximum Gasteiger partial charge on any atom is 0.490 e. The van der Waals surface area contributed by atoms with Crippen LogP contribution in [0.3, 0.4) is 0 Å². The Morgan fingerprint density at radius 1 is 0.787 bits per heavy atom. The van der Waals surface area contributed by atoms with E-state index in [1.165, 1.54) is 19.4 Å². The standard InChI is InChI=1S/C33H38F3N7O11.C2HF3O2/c1-15(2)8-22(39-16(3)44)31(52)41-21(6-7-26(45)46)29(50)42-23(9-18-13-37-14-38-18)32(53)43-24(12-27(47)48)30(51)40-17-4-5-19-20(33(34,35)36)11-28(49)54-25(19)10-17;3-2(4,5)1(6)7/h4-5,10-11,13-15,21-24H,6-9,12H2,1-3H3,(H,37,38)(H,39,44)(H,40,51)(H,41,52)(H,42,50)(H,43,53)(H,45,46)(H,47,48);(H,6,7)/t21-,22-,23-,24-;/m0./s1. The first-order valence-corrected chi connectivity index (χ1v) is 17.5. The molecule has 1 aromatic carbocycles. The predicted octanol–water partition coefficient (Wildman–Crippen LogP) is 1.69. The highest BCUT2D eigenvalue weighted by Crippen LogP contribution is 2.34. The molecule has 26 heteroatoms. The van der Waals surface area contributed by atoms with Gasteiger partial charge in [-0.05, 0) is 30.9 Å². The topological polar surface area (TPSA) is 316 Å². The van der Waals surface area contributed by atoms with Crippen LogP contribution in [0.5, 0.6) is 0 Å². The number of carboxylic acid groups (broad SMARTS) is 3. The second kappa shape index (κ2) is 21.8. The molecule has 0 saturated heterocycles. The van der Waals surface area contributed by atoms with Crippen LogP contribution in [0.25, 0.3) is 11.0 Å².